The van der Waals surface area contributed by atoms with E-state index in [1.54, 1.807) is 0 Å². The predicted molar refractivity (Wildman–Crippen MR) is 76.7 cm³/mol. The zero-order chi connectivity index (χ0) is 14.3. The number of sulfonamides is 1. The van der Waals surface area contributed by atoms with Gasteiger partial charge in [-0.1, -0.05) is 26.7 Å². The Hall–Kier alpha value is -0.590. The highest BCUT2D eigenvalue weighted by atomic mass is 35.5. The van der Waals surface area contributed by atoms with Crippen molar-refractivity contribution in [2.75, 3.05) is 13.1 Å². The van der Waals surface area contributed by atoms with Crippen LogP contribution in [0.4, 0.5) is 0 Å². The predicted octanol–water partition coefficient (Wildman–Crippen LogP) is 2.74. The molecule has 0 fully saturated rings. The summed E-state index contributed by atoms with van der Waals surface area (Å²) in [5, 5.41) is 6.49. The summed E-state index contributed by atoms with van der Waals surface area (Å²) in [6.45, 7) is 5.18. The fourth-order valence-electron chi connectivity index (χ4n) is 1.77. The van der Waals surface area contributed by atoms with Crippen molar-refractivity contribution in [2.24, 2.45) is 0 Å². The smallest absolute Gasteiger partial charge is 0.260 e. The maximum Gasteiger partial charge on any atom is 0.260 e. The molecule has 0 aliphatic rings. The molecule has 1 aromatic heterocycles. The van der Waals surface area contributed by atoms with Crippen molar-refractivity contribution < 1.29 is 8.42 Å². The minimum absolute atomic E-state index is 0.134. The summed E-state index contributed by atoms with van der Waals surface area (Å²) in [6, 6.07) is 0. The third kappa shape index (κ3) is 4.19. The van der Waals surface area contributed by atoms with Gasteiger partial charge in [-0.25, -0.2) is 8.42 Å². The first-order chi connectivity index (χ1) is 9.07. The Morgan fingerprint density at radius 2 is 1.84 bits per heavy atom. The molecular weight excluding hydrogens is 286 g/mol. The van der Waals surface area contributed by atoms with Gasteiger partial charge >= 0.3 is 0 Å². The molecule has 110 valence electrons. The van der Waals surface area contributed by atoms with E-state index >= 15 is 0 Å². The van der Waals surface area contributed by atoms with Crippen LogP contribution in [-0.2, 0) is 15.9 Å². The van der Waals surface area contributed by atoms with E-state index in [0.717, 1.165) is 25.7 Å². The van der Waals surface area contributed by atoms with Crippen molar-refractivity contribution in [1.82, 2.24) is 14.5 Å². The number of alkyl halides is 1. The van der Waals surface area contributed by atoms with Crippen molar-refractivity contribution in [1.29, 1.82) is 0 Å². The third-order valence-electron chi connectivity index (χ3n) is 2.94. The number of hydrogen-bond acceptors (Lipinski definition) is 3. The fourth-order valence-corrected chi connectivity index (χ4v) is 3.67. The second kappa shape index (κ2) is 7.87. The molecule has 0 unspecified atom stereocenters. The lowest BCUT2D eigenvalue weighted by Crippen LogP contribution is -2.33. The van der Waals surface area contributed by atoms with E-state index in [0.29, 0.717) is 18.7 Å². The van der Waals surface area contributed by atoms with Crippen molar-refractivity contribution in [2.45, 2.75) is 50.4 Å². The second-order valence-corrected chi connectivity index (χ2v) is 6.61. The Morgan fingerprint density at radius 3 is 2.32 bits per heavy atom. The van der Waals surface area contributed by atoms with Crippen LogP contribution in [0.25, 0.3) is 0 Å². The molecule has 7 heteroatoms. The van der Waals surface area contributed by atoms with Crippen LogP contribution in [0.15, 0.2) is 11.2 Å². The lowest BCUT2D eigenvalue weighted by molar-refractivity contribution is 0.393. The highest BCUT2D eigenvalue weighted by molar-refractivity contribution is 7.89. The van der Waals surface area contributed by atoms with Crippen molar-refractivity contribution >= 4 is 21.6 Å². The largest absolute Gasteiger partial charge is 0.266 e. The number of hydrogen-bond donors (Lipinski definition) is 1. The Balaban J connectivity index is 2.97. The number of aromatic amines is 1. The van der Waals surface area contributed by atoms with Gasteiger partial charge in [0.05, 0.1) is 12.1 Å². The van der Waals surface area contributed by atoms with Crippen molar-refractivity contribution in [3.8, 4) is 0 Å². The number of nitrogens with one attached hydrogen (secondary N) is 1. The van der Waals surface area contributed by atoms with E-state index in [1.807, 2.05) is 13.8 Å². The standard InChI is InChI=1S/C12H22ClN3O2S/c1-3-5-7-16(8-6-4-2)19(17,18)12-11(9-13)10-14-15-12/h10H,3-9H2,1-2H3,(H,14,15). The van der Waals surface area contributed by atoms with Gasteiger partial charge in [-0.15, -0.1) is 11.6 Å². The zero-order valence-corrected chi connectivity index (χ0v) is 13.1. The van der Waals surface area contributed by atoms with Crippen LogP contribution in [0.3, 0.4) is 0 Å². The Kier molecular flexibility index (Phi) is 6.82. The van der Waals surface area contributed by atoms with Gasteiger partial charge in [-0.05, 0) is 12.8 Å². The molecule has 0 saturated heterocycles. The number of H-pyrrole nitrogens is 1. The molecule has 0 aromatic carbocycles. The molecule has 19 heavy (non-hydrogen) atoms. The molecule has 0 amide bonds. The summed E-state index contributed by atoms with van der Waals surface area (Å²) in [7, 11) is -3.51. The van der Waals surface area contributed by atoms with Gasteiger partial charge in [-0.2, -0.15) is 9.40 Å². The molecule has 0 aliphatic heterocycles. The molecule has 1 N–H and O–H groups in total. The fraction of sp³-hybridized carbons (Fsp3) is 0.750. The molecule has 0 radical (unpaired) electrons. The minimum Gasteiger partial charge on any atom is -0.266 e. The Bertz CT molecular complexity index is 465. The van der Waals surface area contributed by atoms with Crippen LogP contribution >= 0.6 is 11.6 Å². The highest BCUT2D eigenvalue weighted by Gasteiger charge is 2.27. The maximum absolute atomic E-state index is 12.6. The lowest BCUT2D eigenvalue weighted by Gasteiger charge is -2.21. The minimum atomic E-state index is -3.51. The quantitative estimate of drug-likeness (QED) is 0.713. The van der Waals surface area contributed by atoms with Gasteiger partial charge < -0.3 is 0 Å². The lowest BCUT2D eigenvalue weighted by atomic mass is 10.3. The first-order valence-electron chi connectivity index (χ1n) is 6.66. The zero-order valence-electron chi connectivity index (χ0n) is 11.5. The van der Waals surface area contributed by atoms with Gasteiger partial charge in [0, 0.05) is 18.7 Å². The van der Waals surface area contributed by atoms with Crippen LogP contribution in [0.1, 0.15) is 45.1 Å². The third-order valence-corrected chi connectivity index (χ3v) is 5.14. The summed E-state index contributed by atoms with van der Waals surface area (Å²) in [5.74, 6) is 0.139. The van der Waals surface area contributed by atoms with E-state index in [4.69, 9.17) is 11.6 Å². The summed E-state index contributed by atoms with van der Waals surface area (Å²) < 4.78 is 26.7. The van der Waals surface area contributed by atoms with Crippen LogP contribution in [0.5, 0.6) is 0 Å². The maximum atomic E-state index is 12.6. The number of aromatic nitrogens is 2. The van der Waals surface area contributed by atoms with E-state index in [-0.39, 0.29) is 10.9 Å². The van der Waals surface area contributed by atoms with Crippen LogP contribution < -0.4 is 0 Å². The average Bonchev–Trinajstić information content (AvgIpc) is 2.87. The average molecular weight is 308 g/mol. The van der Waals surface area contributed by atoms with E-state index < -0.39 is 10.0 Å². The summed E-state index contributed by atoms with van der Waals surface area (Å²) >= 11 is 5.75. The van der Waals surface area contributed by atoms with E-state index in [2.05, 4.69) is 10.2 Å². The molecular formula is C12H22ClN3O2S. The van der Waals surface area contributed by atoms with Crippen molar-refractivity contribution in [3.05, 3.63) is 11.8 Å². The molecule has 1 aromatic rings. The number of nitrogens with zero attached hydrogens (tertiary/aromatic N) is 2. The number of halogens is 1. The molecule has 0 saturated carbocycles. The molecule has 1 rings (SSSR count). The summed E-state index contributed by atoms with van der Waals surface area (Å²) in [5.41, 5.74) is 0.527. The van der Waals surface area contributed by atoms with Crippen LogP contribution in [0.2, 0.25) is 0 Å². The van der Waals surface area contributed by atoms with Gasteiger partial charge in [0.15, 0.2) is 5.03 Å². The van der Waals surface area contributed by atoms with Crippen molar-refractivity contribution in [3.63, 3.8) is 0 Å². The highest BCUT2D eigenvalue weighted by Crippen LogP contribution is 2.20. The Morgan fingerprint density at radius 1 is 1.26 bits per heavy atom. The SMILES string of the molecule is CCCCN(CCCC)S(=O)(=O)c1[nH]ncc1CCl. The number of unbranched alkanes of at least 4 members (excludes halogenated alkanes) is 2. The van der Waals surface area contributed by atoms with Gasteiger partial charge in [0.1, 0.15) is 0 Å². The normalized spacial score (nSPS) is 12.2. The van der Waals surface area contributed by atoms with Crippen LogP contribution in [-0.4, -0.2) is 36.0 Å². The molecule has 0 spiro atoms. The molecule has 5 nitrogen and oxygen atoms in total. The van der Waals surface area contributed by atoms with E-state index in [9.17, 15) is 8.42 Å². The molecule has 0 aliphatic carbocycles. The monoisotopic (exact) mass is 307 g/mol. The topological polar surface area (TPSA) is 66.1 Å². The summed E-state index contributed by atoms with van der Waals surface area (Å²) in [4.78, 5) is 0. The van der Waals surface area contributed by atoms with Gasteiger partial charge in [0.25, 0.3) is 10.0 Å². The molecule has 1 heterocycles. The molecule has 0 bridgehead atoms. The Labute approximate surface area is 120 Å². The van der Waals surface area contributed by atoms with Gasteiger partial charge in [-0.3, -0.25) is 5.10 Å². The van der Waals surface area contributed by atoms with Crippen LogP contribution in [0, 0.1) is 0 Å². The second-order valence-electron chi connectivity index (χ2n) is 4.47. The first-order valence-corrected chi connectivity index (χ1v) is 8.63. The number of rotatable bonds is 9. The molecule has 0 atom stereocenters. The first kappa shape index (κ1) is 16.5. The van der Waals surface area contributed by atoms with Gasteiger partial charge in [0.2, 0.25) is 0 Å². The van der Waals surface area contributed by atoms with E-state index in [1.165, 1.54) is 10.5 Å². The summed E-state index contributed by atoms with van der Waals surface area (Å²) in [6.07, 6.45) is 5.10.